The van der Waals surface area contributed by atoms with Gasteiger partial charge in [-0.3, -0.25) is 23.9 Å². The zero-order valence-corrected chi connectivity index (χ0v) is 32.9. The van der Waals surface area contributed by atoms with Gasteiger partial charge in [-0.25, -0.2) is 22.2 Å². The summed E-state index contributed by atoms with van der Waals surface area (Å²) < 4.78 is 68.0. The number of para-hydroxylation sites is 1. The second-order valence-corrected chi connectivity index (χ2v) is 19.9. The normalized spacial score (nSPS) is 33.0. The van der Waals surface area contributed by atoms with Crippen LogP contribution in [0.2, 0.25) is 0 Å². The Kier molecular flexibility index (Phi) is 9.84. The lowest BCUT2D eigenvalue weighted by Gasteiger charge is -2.36. The summed E-state index contributed by atoms with van der Waals surface area (Å²) in [5.41, 5.74) is 0.284. The number of hydrogen-bond donors (Lipinski definition) is 1. The van der Waals surface area contributed by atoms with Crippen molar-refractivity contribution in [1.82, 2.24) is 14.6 Å². The first kappa shape index (κ1) is 38.9. The minimum absolute atomic E-state index is 0.0509. The number of alkyl halides is 2. The van der Waals surface area contributed by atoms with Crippen LogP contribution < -0.4 is 9.46 Å². The van der Waals surface area contributed by atoms with E-state index in [9.17, 15) is 36.4 Å². The van der Waals surface area contributed by atoms with Gasteiger partial charge in [-0.2, -0.15) is 0 Å². The molecular formula is C42H51F2N3O8S. The molecule has 3 aliphatic heterocycles. The Labute approximate surface area is 326 Å². The Morgan fingerprint density at radius 1 is 1.04 bits per heavy atom. The van der Waals surface area contributed by atoms with Crippen LogP contribution in [0.15, 0.2) is 36.4 Å². The number of sulfonamides is 1. The van der Waals surface area contributed by atoms with Crippen LogP contribution >= 0.6 is 0 Å². The molecule has 1 N–H and O–H groups in total. The molecule has 1 aromatic carbocycles. The van der Waals surface area contributed by atoms with Crippen LogP contribution in [0.5, 0.6) is 5.75 Å². The van der Waals surface area contributed by atoms with E-state index in [1.54, 1.807) is 6.92 Å². The number of amides is 2. The van der Waals surface area contributed by atoms with Crippen molar-refractivity contribution < 1.29 is 45.9 Å². The van der Waals surface area contributed by atoms with Crippen LogP contribution in [0.3, 0.4) is 0 Å². The van der Waals surface area contributed by atoms with Crippen LogP contribution in [0.25, 0.3) is 10.9 Å². The van der Waals surface area contributed by atoms with E-state index in [-0.39, 0.29) is 50.4 Å². The molecule has 56 heavy (non-hydrogen) atoms. The minimum atomic E-state index is -3.97. The summed E-state index contributed by atoms with van der Waals surface area (Å²) in [7, 11) is -3.97. The molecule has 6 atom stereocenters. The van der Waals surface area contributed by atoms with Crippen molar-refractivity contribution in [2.24, 2.45) is 17.3 Å². The average Bonchev–Trinajstić information content (AvgIpc) is 3.99. The molecule has 2 aromatic rings. The van der Waals surface area contributed by atoms with Gasteiger partial charge < -0.3 is 14.4 Å². The zero-order chi connectivity index (χ0) is 39.7. The van der Waals surface area contributed by atoms with Crippen molar-refractivity contribution in [3.63, 3.8) is 0 Å². The smallest absolute Gasteiger partial charge is 0.306 e. The number of carbonyl (C=O) groups excluding carboxylic acids is 4. The highest BCUT2D eigenvalue weighted by Gasteiger charge is 2.63. The molecule has 1 unspecified atom stereocenters. The van der Waals surface area contributed by atoms with E-state index >= 15 is 0 Å². The highest BCUT2D eigenvalue weighted by molar-refractivity contribution is 7.91. The van der Waals surface area contributed by atoms with Crippen molar-refractivity contribution >= 4 is 44.5 Å². The number of aryl methyl sites for hydroxylation is 2. The Hall–Kier alpha value is -3.94. The number of aromatic nitrogens is 1. The number of hydrogen-bond acceptors (Lipinski definition) is 9. The van der Waals surface area contributed by atoms with Gasteiger partial charge in [0.25, 0.3) is 5.92 Å². The van der Waals surface area contributed by atoms with E-state index in [0.717, 1.165) is 29.3 Å². The summed E-state index contributed by atoms with van der Waals surface area (Å²) in [5.74, 6) is -5.70. The molecule has 302 valence electrons. The summed E-state index contributed by atoms with van der Waals surface area (Å²) in [6, 6.07) is 6.80. The van der Waals surface area contributed by atoms with E-state index in [1.165, 1.54) is 4.90 Å². The first-order valence-electron chi connectivity index (χ1n) is 20.2. The molecule has 0 radical (unpaired) electrons. The summed E-state index contributed by atoms with van der Waals surface area (Å²) >= 11 is 0. The molecule has 4 fully saturated rings. The number of fused-ring (bicyclic) bond motifs is 5. The number of Topliss-reactive ketones (excluding diaryl/α,β-unsaturated/α-hetero) is 1. The standard InChI is InChI=1S/C42H51F2N3O8S/c1-26-36-31(30-12-8-9-13-32(30)45-26)15-16-40(55-36)23-33-34(48)24-41(38(51)46-56(52,53)39(2)18-19-39)21-28(41)11-7-5-3-4-6-10-27(37(50)47(33)25-40)20-35(49)54-29-14-17-42(43,44)22-29/h7-9,11-13,27-29,33H,3-6,10,14-25H2,1-2H3,(H,46,51)/b11-7-/t27-,28-,29?,33+,40-,41-/m1/s1. The number of ether oxygens (including phenoxy) is 2. The highest BCUT2D eigenvalue weighted by atomic mass is 32.2. The van der Waals surface area contributed by atoms with Gasteiger partial charge in [0.2, 0.25) is 21.8 Å². The average molecular weight is 796 g/mol. The number of rotatable bonds is 6. The maximum Gasteiger partial charge on any atom is 0.306 e. The number of pyridine rings is 1. The van der Waals surface area contributed by atoms with Gasteiger partial charge in [-0.15, -0.1) is 0 Å². The van der Waals surface area contributed by atoms with Crippen molar-refractivity contribution in [1.29, 1.82) is 0 Å². The van der Waals surface area contributed by atoms with Crippen LogP contribution in [0.1, 0.15) is 114 Å². The lowest BCUT2D eigenvalue weighted by Crippen LogP contribution is -2.48. The van der Waals surface area contributed by atoms with E-state index in [2.05, 4.69) is 4.72 Å². The predicted molar refractivity (Wildman–Crippen MR) is 202 cm³/mol. The molecule has 14 heteroatoms. The molecule has 11 nitrogen and oxygen atoms in total. The van der Waals surface area contributed by atoms with Crippen molar-refractivity contribution in [3.8, 4) is 5.75 Å². The molecule has 1 spiro atoms. The number of allylic oxidation sites excluding steroid dienone is 2. The van der Waals surface area contributed by atoms with Crippen molar-refractivity contribution in [2.45, 2.75) is 145 Å². The van der Waals surface area contributed by atoms with Gasteiger partial charge in [0.1, 0.15) is 17.5 Å². The Morgan fingerprint density at radius 3 is 2.57 bits per heavy atom. The fourth-order valence-corrected chi connectivity index (χ4v) is 10.9. The highest BCUT2D eigenvalue weighted by Crippen LogP contribution is 2.58. The third kappa shape index (κ3) is 7.35. The number of nitrogens with one attached hydrogen (secondary N) is 1. The maximum absolute atomic E-state index is 14.8. The third-order valence-electron chi connectivity index (χ3n) is 13.4. The van der Waals surface area contributed by atoms with Gasteiger partial charge >= 0.3 is 5.97 Å². The minimum Gasteiger partial charge on any atom is -0.483 e. The molecule has 1 saturated heterocycles. The number of carbonyl (C=O) groups is 4. The number of ketones is 1. The predicted octanol–water partition coefficient (Wildman–Crippen LogP) is 6.43. The molecule has 3 saturated carbocycles. The first-order chi connectivity index (χ1) is 26.5. The Balaban J connectivity index is 1.11. The second kappa shape index (κ2) is 14.2. The van der Waals surface area contributed by atoms with Crippen LogP contribution in [0, 0.1) is 24.2 Å². The first-order valence-corrected chi connectivity index (χ1v) is 21.7. The van der Waals surface area contributed by atoms with Gasteiger partial charge in [0.15, 0.2) is 5.78 Å². The summed E-state index contributed by atoms with van der Waals surface area (Å²) in [5, 5.41) is 0.970. The Morgan fingerprint density at radius 2 is 1.82 bits per heavy atom. The van der Waals surface area contributed by atoms with Crippen LogP contribution in [-0.4, -0.2) is 76.8 Å². The SMILES string of the molecule is Cc1nc2ccccc2c2c1O[C@]1(CC2)C[C@H]2C(=O)C[C@]3(C(=O)NS(=O)(=O)C4(C)CC4)C[C@H]3/C=C\CCCCC[C@H](CC(=O)OC3CCC(F)(F)C3)C(=O)N2C1. The van der Waals surface area contributed by atoms with Gasteiger partial charge in [-0.1, -0.05) is 43.2 Å². The summed E-state index contributed by atoms with van der Waals surface area (Å²) in [4.78, 5) is 63.2. The number of benzene rings is 1. The van der Waals surface area contributed by atoms with E-state index in [4.69, 9.17) is 14.5 Å². The van der Waals surface area contributed by atoms with E-state index in [1.807, 2.05) is 43.3 Å². The maximum atomic E-state index is 14.8. The molecule has 3 aliphatic carbocycles. The van der Waals surface area contributed by atoms with Crippen LogP contribution in [0.4, 0.5) is 8.78 Å². The molecule has 8 rings (SSSR count). The quantitative estimate of drug-likeness (QED) is 0.258. The molecule has 6 aliphatic rings. The molecule has 4 heterocycles. The number of esters is 1. The summed E-state index contributed by atoms with van der Waals surface area (Å²) in [6.45, 7) is 3.53. The lowest BCUT2D eigenvalue weighted by molar-refractivity contribution is -0.155. The fraction of sp³-hybridized carbons (Fsp3) is 0.643. The lowest BCUT2D eigenvalue weighted by atomic mass is 9.85. The molecule has 1 aromatic heterocycles. The second-order valence-electron chi connectivity index (χ2n) is 17.7. The monoisotopic (exact) mass is 795 g/mol. The fourth-order valence-electron chi connectivity index (χ4n) is 9.56. The summed E-state index contributed by atoms with van der Waals surface area (Å²) in [6.07, 6.45) is 7.16. The third-order valence-corrected chi connectivity index (χ3v) is 15.6. The number of nitrogens with zero attached hydrogens (tertiary/aromatic N) is 2. The van der Waals surface area contributed by atoms with Crippen molar-refractivity contribution in [3.05, 3.63) is 47.7 Å². The van der Waals surface area contributed by atoms with Gasteiger partial charge in [0, 0.05) is 42.6 Å². The molecule has 2 amide bonds. The largest absolute Gasteiger partial charge is 0.483 e. The number of halogens is 2. The Bertz CT molecular complexity index is 2100. The molecular weight excluding hydrogens is 745 g/mol. The van der Waals surface area contributed by atoms with Crippen LogP contribution in [-0.2, 0) is 40.4 Å². The molecule has 0 bridgehead atoms. The van der Waals surface area contributed by atoms with Gasteiger partial charge in [0.05, 0.1) is 40.4 Å². The topological polar surface area (TPSA) is 149 Å². The van der Waals surface area contributed by atoms with E-state index in [0.29, 0.717) is 62.8 Å². The van der Waals surface area contributed by atoms with E-state index < -0.39 is 74.0 Å². The van der Waals surface area contributed by atoms with Gasteiger partial charge in [-0.05, 0) is 83.6 Å². The van der Waals surface area contributed by atoms with Crippen molar-refractivity contribution in [2.75, 3.05) is 6.54 Å². The zero-order valence-electron chi connectivity index (χ0n) is 32.1.